The van der Waals surface area contributed by atoms with Gasteiger partial charge in [0.1, 0.15) is 18.5 Å². The number of hydrogen-bond donors (Lipinski definition) is 1. The van der Waals surface area contributed by atoms with Gasteiger partial charge in [-0.3, -0.25) is 0 Å². The fourth-order valence-corrected chi connectivity index (χ4v) is 1.09. The highest BCUT2D eigenvalue weighted by molar-refractivity contribution is 5.37. The van der Waals surface area contributed by atoms with Crippen molar-refractivity contribution in [1.29, 1.82) is 0 Å². The minimum atomic E-state index is -0.440. The molecule has 1 N–H and O–H groups in total. The Balaban J connectivity index is 2.51. The minimum Gasteiger partial charge on any atom is -0.490 e. The van der Waals surface area contributed by atoms with E-state index in [1.54, 1.807) is 12.1 Å². The summed E-state index contributed by atoms with van der Waals surface area (Å²) < 4.78 is 5.13. The predicted molar refractivity (Wildman–Crippen MR) is 35.7 cm³/mol. The second-order valence-corrected chi connectivity index (χ2v) is 2.29. The van der Waals surface area contributed by atoms with E-state index in [1.807, 2.05) is 6.07 Å². The third kappa shape index (κ3) is 0.693. The van der Waals surface area contributed by atoms with Gasteiger partial charge in [0.25, 0.3) is 0 Å². The number of ether oxygens (including phenoxy) is 1. The highest BCUT2D eigenvalue weighted by Crippen LogP contribution is 2.30. The largest absolute Gasteiger partial charge is 0.490 e. The van der Waals surface area contributed by atoms with E-state index in [2.05, 4.69) is 6.07 Å². The van der Waals surface area contributed by atoms with Gasteiger partial charge in [-0.1, -0.05) is 12.1 Å². The van der Waals surface area contributed by atoms with E-state index in [-0.39, 0.29) is 0 Å². The van der Waals surface area contributed by atoms with Gasteiger partial charge in [-0.15, -0.1) is 0 Å². The van der Waals surface area contributed by atoms with Crippen molar-refractivity contribution in [3.05, 3.63) is 29.8 Å². The van der Waals surface area contributed by atoms with Crippen molar-refractivity contribution in [1.82, 2.24) is 0 Å². The lowest BCUT2D eigenvalue weighted by Crippen LogP contribution is -1.97. The molecule has 0 fully saturated rings. The van der Waals surface area contributed by atoms with Crippen LogP contribution in [0, 0.1) is 6.07 Å². The summed E-state index contributed by atoms with van der Waals surface area (Å²) >= 11 is 0. The van der Waals surface area contributed by atoms with Crippen LogP contribution in [-0.2, 0) is 0 Å². The first-order valence-corrected chi connectivity index (χ1v) is 3.19. The Hall–Kier alpha value is -1.02. The van der Waals surface area contributed by atoms with E-state index in [1.165, 1.54) is 0 Å². The molecule has 0 spiro atoms. The molecule has 0 saturated heterocycles. The van der Waals surface area contributed by atoms with Crippen LogP contribution in [0.25, 0.3) is 0 Å². The standard InChI is InChI=1S/C8H7O2/c9-7-5-10-8-4-2-1-3-6(7)8/h1,3-4,7,9H,5H2/t7-/m0/s1. The maximum atomic E-state index is 9.24. The number of hydrogen-bond acceptors (Lipinski definition) is 2. The van der Waals surface area contributed by atoms with Gasteiger partial charge in [0.05, 0.1) is 0 Å². The molecule has 1 aliphatic heterocycles. The average molecular weight is 135 g/mol. The van der Waals surface area contributed by atoms with E-state index in [4.69, 9.17) is 4.74 Å². The monoisotopic (exact) mass is 135 g/mol. The summed E-state index contributed by atoms with van der Waals surface area (Å²) in [6.07, 6.45) is -0.440. The second kappa shape index (κ2) is 1.99. The average Bonchev–Trinajstić information content (AvgIpc) is 2.34. The van der Waals surface area contributed by atoms with Crippen LogP contribution in [0.1, 0.15) is 11.7 Å². The number of rotatable bonds is 0. The summed E-state index contributed by atoms with van der Waals surface area (Å²) in [7, 11) is 0. The summed E-state index contributed by atoms with van der Waals surface area (Å²) in [5, 5.41) is 9.24. The molecule has 1 radical (unpaired) electrons. The molecule has 10 heavy (non-hydrogen) atoms. The smallest absolute Gasteiger partial charge is 0.126 e. The van der Waals surface area contributed by atoms with Crippen LogP contribution in [0.15, 0.2) is 18.2 Å². The van der Waals surface area contributed by atoms with Crippen LogP contribution in [0.4, 0.5) is 0 Å². The quantitative estimate of drug-likeness (QED) is 0.573. The molecule has 2 heteroatoms. The zero-order chi connectivity index (χ0) is 6.97. The van der Waals surface area contributed by atoms with Gasteiger partial charge in [-0.2, -0.15) is 0 Å². The second-order valence-electron chi connectivity index (χ2n) is 2.29. The van der Waals surface area contributed by atoms with Crippen molar-refractivity contribution in [2.24, 2.45) is 0 Å². The summed E-state index contributed by atoms with van der Waals surface area (Å²) in [5.74, 6) is 0.759. The maximum Gasteiger partial charge on any atom is 0.126 e. The van der Waals surface area contributed by atoms with Gasteiger partial charge in [-0.25, -0.2) is 0 Å². The fraction of sp³-hybridized carbons (Fsp3) is 0.250. The number of aliphatic hydroxyl groups excluding tert-OH is 1. The Bertz CT molecular complexity index is 245. The topological polar surface area (TPSA) is 29.5 Å². The molecule has 1 aliphatic rings. The Morgan fingerprint density at radius 1 is 1.70 bits per heavy atom. The summed E-state index contributed by atoms with van der Waals surface area (Å²) in [5.41, 5.74) is 0.874. The van der Waals surface area contributed by atoms with Gasteiger partial charge in [0.2, 0.25) is 0 Å². The Labute approximate surface area is 59.1 Å². The third-order valence-electron chi connectivity index (χ3n) is 1.61. The molecule has 51 valence electrons. The van der Waals surface area contributed by atoms with Crippen LogP contribution in [0.3, 0.4) is 0 Å². The summed E-state index contributed by atoms with van der Waals surface area (Å²) in [6.45, 7) is 0.382. The van der Waals surface area contributed by atoms with Crippen LogP contribution < -0.4 is 4.74 Å². The predicted octanol–water partition coefficient (Wildman–Crippen LogP) is 0.913. The van der Waals surface area contributed by atoms with Crippen molar-refractivity contribution in [3.63, 3.8) is 0 Å². The molecule has 0 aliphatic carbocycles. The van der Waals surface area contributed by atoms with Gasteiger partial charge < -0.3 is 9.84 Å². The van der Waals surface area contributed by atoms with Crippen molar-refractivity contribution in [3.8, 4) is 5.75 Å². The maximum absolute atomic E-state index is 9.24. The highest BCUT2D eigenvalue weighted by Gasteiger charge is 2.20. The van der Waals surface area contributed by atoms with Gasteiger partial charge in [-0.05, 0) is 12.1 Å². The van der Waals surface area contributed by atoms with Gasteiger partial charge >= 0.3 is 0 Å². The zero-order valence-electron chi connectivity index (χ0n) is 5.37. The van der Waals surface area contributed by atoms with Crippen LogP contribution in [0.5, 0.6) is 5.75 Å². The molecule has 1 heterocycles. The normalized spacial score (nSPS) is 21.9. The molecule has 0 aromatic heterocycles. The first-order chi connectivity index (χ1) is 4.88. The zero-order valence-corrected chi connectivity index (χ0v) is 5.37. The summed E-state index contributed by atoms with van der Waals surface area (Å²) in [4.78, 5) is 0. The third-order valence-corrected chi connectivity index (χ3v) is 1.61. The lowest BCUT2D eigenvalue weighted by molar-refractivity contribution is 0.140. The molecule has 1 aromatic carbocycles. The first kappa shape index (κ1) is 5.74. The summed E-state index contributed by atoms with van der Waals surface area (Å²) in [6, 6.07) is 8.22. The SMILES string of the molecule is O[C@H]1COc2c[c]ccc21. The number of benzene rings is 1. The number of fused-ring (bicyclic) bond motifs is 1. The van der Waals surface area contributed by atoms with E-state index < -0.39 is 6.10 Å². The molecule has 2 nitrogen and oxygen atoms in total. The molecular formula is C8H7O2. The first-order valence-electron chi connectivity index (χ1n) is 3.19. The molecule has 1 atom stereocenters. The van der Waals surface area contributed by atoms with Crippen molar-refractivity contribution in [2.45, 2.75) is 6.10 Å². The minimum absolute atomic E-state index is 0.382. The van der Waals surface area contributed by atoms with Gasteiger partial charge in [0.15, 0.2) is 0 Å². The van der Waals surface area contributed by atoms with E-state index >= 15 is 0 Å². The molecule has 0 bridgehead atoms. The van der Waals surface area contributed by atoms with Crippen molar-refractivity contribution in [2.75, 3.05) is 6.61 Å². The molecular weight excluding hydrogens is 128 g/mol. The fourth-order valence-electron chi connectivity index (χ4n) is 1.09. The Kier molecular flexibility index (Phi) is 1.14. The lowest BCUT2D eigenvalue weighted by Gasteiger charge is -1.95. The van der Waals surface area contributed by atoms with Gasteiger partial charge in [0, 0.05) is 5.56 Å². The Morgan fingerprint density at radius 3 is 3.40 bits per heavy atom. The molecule has 0 saturated carbocycles. The van der Waals surface area contributed by atoms with Crippen LogP contribution >= 0.6 is 0 Å². The highest BCUT2D eigenvalue weighted by atomic mass is 16.5. The number of aliphatic hydroxyl groups is 1. The van der Waals surface area contributed by atoms with Crippen LogP contribution in [-0.4, -0.2) is 11.7 Å². The van der Waals surface area contributed by atoms with Crippen molar-refractivity contribution >= 4 is 0 Å². The lowest BCUT2D eigenvalue weighted by atomic mass is 10.1. The van der Waals surface area contributed by atoms with E-state index in [0.29, 0.717) is 6.61 Å². The molecule has 1 aromatic rings. The molecule has 2 rings (SSSR count). The van der Waals surface area contributed by atoms with E-state index in [0.717, 1.165) is 11.3 Å². The van der Waals surface area contributed by atoms with Crippen LogP contribution in [0.2, 0.25) is 0 Å². The van der Waals surface area contributed by atoms with Crippen molar-refractivity contribution < 1.29 is 9.84 Å². The Morgan fingerprint density at radius 2 is 2.60 bits per heavy atom. The molecule has 0 amide bonds. The molecule has 0 unspecified atom stereocenters. The van der Waals surface area contributed by atoms with E-state index in [9.17, 15) is 5.11 Å².